The molecule has 122 valence electrons. The first kappa shape index (κ1) is 16.3. The Morgan fingerprint density at radius 2 is 2.12 bits per heavy atom. The van der Waals surface area contributed by atoms with Crippen molar-refractivity contribution in [1.29, 1.82) is 0 Å². The van der Waals surface area contributed by atoms with Crippen LogP contribution < -0.4 is 10.1 Å². The third kappa shape index (κ3) is 3.22. The number of non-ortho nitro benzene ring substituents is 1. The quantitative estimate of drug-likeness (QED) is 0.515. The molecule has 9 heteroatoms. The van der Waals surface area contributed by atoms with E-state index in [2.05, 4.69) is 26.2 Å². The van der Waals surface area contributed by atoms with Crippen molar-refractivity contribution < 1.29 is 14.5 Å². The van der Waals surface area contributed by atoms with Crippen LogP contribution >= 0.6 is 27.3 Å². The molecule has 0 saturated carbocycles. The van der Waals surface area contributed by atoms with Gasteiger partial charge in [0.1, 0.15) is 5.75 Å². The Hall–Kier alpha value is -2.52. The molecule has 0 saturated heterocycles. The van der Waals surface area contributed by atoms with E-state index in [0.717, 1.165) is 0 Å². The molecule has 0 bridgehead atoms. The molecule has 0 radical (unpaired) electrons. The summed E-state index contributed by atoms with van der Waals surface area (Å²) in [6, 6.07) is 9.43. The number of methoxy groups -OCH3 is 1. The third-order valence-corrected chi connectivity index (χ3v) is 4.85. The van der Waals surface area contributed by atoms with Crippen LogP contribution in [0.5, 0.6) is 5.75 Å². The number of nitrogens with zero attached hydrogens (tertiary/aromatic N) is 2. The summed E-state index contributed by atoms with van der Waals surface area (Å²) in [5.74, 6) is 0.206. The molecule has 3 rings (SSSR count). The summed E-state index contributed by atoms with van der Waals surface area (Å²) < 4.78 is 6.37. The molecular weight excluding hydrogens is 398 g/mol. The summed E-state index contributed by atoms with van der Waals surface area (Å²) in [5, 5.41) is 13.9. The van der Waals surface area contributed by atoms with Crippen molar-refractivity contribution in [3.05, 3.63) is 56.5 Å². The Morgan fingerprint density at radius 1 is 1.33 bits per heavy atom. The molecule has 0 aliphatic carbocycles. The minimum atomic E-state index is -0.467. The topological polar surface area (TPSA) is 94.4 Å². The van der Waals surface area contributed by atoms with Crippen molar-refractivity contribution in [3.63, 3.8) is 0 Å². The van der Waals surface area contributed by atoms with Crippen molar-refractivity contribution in [2.75, 3.05) is 12.4 Å². The van der Waals surface area contributed by atoms with Crippen molar-refractivity contribution in [2.45, 2.75) is 0 Å². The number of hydrogen-bond acceptors (Lipinski definition) is 6. The van der Waals surface area contributed by atoms with Gasteiger partial charge in [-0.25, -0.2) is 4.98 Å². The van der Waals surface area contributed by atoms with Crippen LogP contribution in [-0.2, 0) is 0 Å². The molecule has 0 aliphatic heterocycles. The number of rotatable bonds is 4. The fourth-order valence-corrected chi connectivity index (χ4v) is 3.37. The highest BCUT2D eigenvalue weighted by Crippen LogP contribution is 2.30. The molecule has 2 aromatic carbocycles. The molecule has 1 heterocycles. The van der Waals surface area contributed by atoms with E-state index in [0.29, 0.717) is 31.1 Å². The third-order valence-electron chi connectivity index (χ3n) is 3.22. The van der Waals surface area contributed by atoms with Gasteiger partial charge in [0, 0.05) is 16.6 Å². The van der Waals surface area contributed by atoms with Crippen molar-refractivity contribution in [2.24, 2.45) is 0 Å². The Balaban J connectivity index is 1.89. The average molecular weight is 408 g/mol. The minimum Gasteiger partial charge on any atom is -0.497 e. The molecule has 0 fully saturated rings. The van der Waals surface area contributed by atoms with Gasteiger partial charge in [-0.1, -0.05) is 11.3 Å². The minimum absolute atomic E-state index is 0.0143. The number of aromatic nitrogens is 1. The maximum Gasteiger partial charge on any atom is 0.270 e. The second kappa shape index (κ2) is 6.54. The van der Waals surface area contributed by atoms with E-state index in [1.54, 1.807) is 24.3 Å². The predicted molar refractivity (Wildman–Crippen MR) is 94.9 cm³/mol. The number of carbonyl (C=O) groups excluding carboxylic acids is 1. The number of benzene rings is 2. The van der Waals surface area contributed by atoms with Crippen LogP contribution in [0.3, 0.4) is 0 Å². The fourth-order valence-electron chi connectivity index (χ4n) is 2.05. The summed E-state index contributed by atoms with van der Waals surface area (Å²) >= 11 is 4.50. The maximum atomic E-state index is 12.4. The van der Waals surface area contributed by atoms with Crippen molar-refractivity contribution >= 4 is 54.2 Å². The van der Waals surface area contributed by atoms with Gasteiger partial charge in [0.25, 0.3) is 11.6 Å². The van der Waals surface area contributed by atoms with Crippen LogP contribution in [0.15, 0.2) is 40.9 Å². The number of hydrogen-bond donors (Lipinski definition) is 1. The lowest BCUT2D eigenvalue weighted by atomic mass is 10.2. The Bertz CT molecular complexity index is 957. The summed E-state index contributed by atoms with van der Waals surface area (Å²) in [7, 11) is 1.52. The van der Waals surface area contributed by atoms with Crippen LogP contribution in [0.1, 0.15) is 10.4 Å². The van der Waals surface area contributed by atoms with Gasteiger partial charge in [0.15, 0.2) is 5.13 Å². The summed E-state index contributed by atoms with van der Waals surface area (Å²) in [4.78, 5) is 27.0. The van der Waals surface area contributed by atoms with Crippen LogP contribution in [0.4, 0.5) is 10.8 Å². The van der Waals surface area contributed by atoms with Gasteiger partial charge in [-0.2, -0.15) is 0 Å². The summed E-state index contributed by atoms with van der Waals surface area (Å²) in [6.45, 7) is 0. The maximum absolute atomic E-state index is 12.4. The largest absolute Gasteiger partial charge is 0.497 e. The molecule has 3 aromatic rings. The molecular formula is C15H10BrN3O4S. The molecule has 7 nitrogen and oxygen atoms in total. The van der Waals surface area contributed by atoms with Gasteiger partial charge in [0.05, 0.1) is 27.8 Å². The van der Waals surface area contributed by atoms with Crippen LogP contribution in [0.25, 0.3) is 10.2 Å². The van der Waals surface area contributed by atoms with E-state index in [1.165, 1.54) is 30.6 Å². The standard InChI is InChI=1S/C15H10BrN3O4S/c1-23-9-3-4-11(16)10(7-9)14(20)18-15-17-12-5-2-8(19(21)22)6-13(12)24-15/h2-7H,1H3,(H,17,18,20). The second-order valence-corrected chi connectivity index (χ2v) is 6.61. The van der Waals surface area contributed by atoms with Crippen LogP contribution in [0.2, 0.25) is 0 Å². The second-order valence-electron chi connectivity index (χ2n) is 4.73. The van der Waals surface area contributed by atoms with Gasteiger partial charge in [-0.15, -0.1) is 0 Å². The number of carbonyl (C=O) groups is 1. The number of amides is 1. The fraction of sp³-hybridized carbons (Fsp3) is 0.0667. The Labute approximate surface area is 148 Å². The Morgan fingerprint density at radius 3 is 2.83 bits per heavy atom. The first-order valence-corrected chi connectivity index (χ1v) is 8.29. The normalized spacial score (nSPS) is 10.6. The van der Waals surface area contributed by atoms with Crippen LogP contribution in [0, 0.1) is 10.1 Å². The van der Waals surface area contributed by atoms with E-state index < -0.39 is 4.92 Å². The van der Waals surface area contributed by atoms with Crippen LogP contribution in [-0.4, -0.2) is 22.9 Å². The van der Waals surface area contributed by atoms with Crippen molar-refractivity contribution in [3.8, 4) is 5.75 Å². The molecule has 1 amide bonds. The molecule has 24 heavy (non-hydrogen) atoms. The average Bonchev–Trinajstić information content (AvgIpc) is 2.96. The summed E-state index contributed by atoms with van der Waals surface area (Å²) in [6.07, 6.45) is 0. The zero-order chi connectivity index (χ0) is 17.3. The highest BCUT2D eigenvalue weighted by molar-refractivity contribution is 9.10. The number of ether oxygens (including phenoxy) is 1. The molecule has 0 atom stereocenters. The molecule has 1 aromatic heterocycles. The lowest BCUT2D eigenvalue weighted by Crippen LogP contribution is -2.12. The molecule has 0 unspecified atom stereocenters. The van der Waals surface area contributed by atoms with E-state index in [1.807, 2.05) is 0 Å². The number of anilines is 1. The number of nitro benzene ring substituents is 1. The number of nitrogens with one attached hydrogen (secondary N) is 1. The summed E-state index contributed by atoms with van der Waals surface area (Å²) in [5.41, 5.74) is 0.977. The lowest BCUT2D eigenvalue weighted by molar-refractivity contribution is -0.384. The monoisotopic (exact) mass is 407 g/mol. The van der Waals surface area contributed by atoms with E-state index in [-0.39, 0.29) is 11.6 Å². The number of fused-ring (bicyclic) bond motifs is 1. The van der Waals surface area contributed by atoms with E-state index in [4.69, 9.17) is 4.74 Å². The lowest BCUT2D eigenvalue weighted by Gasteiger charge is -2.06. The van der Waals surface area contributed by atoms with Crippen molar-refractivity contribution in [1.82, 2.24) is 4.98 Å². The number of thiazole rings is 1. The first-order valence-electron chi connectivity index (χ1n) is 6.68. The zero-order valence-corrected chi connectivity index (χ0v) is 14.7. The molecule has 1 N–H and O–H groups in total. The zero-order valence-electron chi connectivity index (χ0n) is 12.3. The van der Waals surface area contributed by atoms with Gasteiger partial charge < -0.3 is 4.74 Å². The highest BCUT2D eigenvalue weighted by Gasteiger charge is 2.15. The first-order chi connectivity index (χ1) is 11.5. The highest BCUT2D eigenvalue weighted by atomic mass is 79.9. The van der Waals surface area contributed by atoms with E-state index in [9.17, 15) is 14.9 Å². The van der Waals surface area contributed by atoms with Gasteiger partial charge in [0.2, 0.25) is 0 Å². The SMILES string of the molecule is COc1ccc(Br)c(C(=O)Nc2nc3ccc([N+](=O)[O-])cc3s2)c1. The molecule has 0 aliphatic rings. The van der Waals surface area contributed by atoms with Gasteiger partial charge in [-0.3, -0.25) is 20.2 Å². The predicted octanol–water partition coefficient (Wildman–Crippen LogP) is 4.23. The smallest absolute Gasteiger partial charge is 0.270 e. The Kier molecular flexibility index (Phi) is 4.45. The number of nitro groups is 1. The number of halogens is 1. The van der Waals surface area contributed by atoms with Gasteiger partial charge in [-0.05, 0) is 40.2 Å². The molecule has 0 spiro atoms. The van der Waals surface area contributed by atoms with Gasteiger partial charge >= 0.3 is 0 Å². The van der Waals surface area contributed by atoms with E-state index >= 15 is 0 Å².